The van der Waals surface area contributed by atoms with E-state index in [-0.39, 0.29) is 5.54 Å². The lowest BCUT2D eigenvalue weighted by molar-refractivity contribution is 0.0304. The van der Waals surface area contributed by atoms with Gasteiger partial charge in [0.15, 0.2) is 0 Å². The first-order valence-corrected chi connectivity index (χ1v) is 9.24. The molecule has 0 aromatic carbocycles. The molecule has 0 aliphatic carbocycles. The zero-order valence-electron chi connectivity index (χ0n) is 14.6. The van der Waals surface area contributed by atoms with Gasteiger partial charge in [-0.3, -0.25) is 4.90 Å². The maximum Gasteiger partial charge on any atom is 0.0303 e. The highest BCUT2D eigenvalue weighted by Gasteiger charge is 2.34. The Morgan fingerprint density at radius 2 is 1.67 bits per heavy atom. The first kappa shape index (κ1) is 17.2. The van der Waals surface area contributed by atoms with Crippen molar-refractivity contribution in [1.29, 1.82) is 0 Å². The molecule has 2 N–H and O–H groups in total. The summed E-state index contributed by atoms with van der Waals surface area (Å²) in [6.45, 7) is 13.0. The van der Waals surface area contributed by atoms with Gasteiger partial charge in [-0.1, -0.05) is 20.3 Å². The van der Waals surface area contributed by atoms with Crippen LogP contribution in [0.4, 0.5) is 0 Å². The highest BCUT2D eigenvalue weighted by atomic mass is 15.2. The van der Waals surface area contributed by atoms with Gasteiger partial charge in [0, 0.05) is 31.2 Å². The molecule has 0 radical (unpaired) electrons. The quantitative estimate of drug-likeness (QED) is 0.817. The molecule has 0 bridgehead atoms. The molecule has 0 aromatic rings. The molecular formula is C18H37N3. The Balaban J connectivity index is 1.83. The molecule has 2 fully saturated rings. The lowest BCUT2D eigenvalue weighted by Gasteiger charge is -2.47. The molecule has 0 saturated carbocycles. The summed E-state index contributed by atoms with van der Waals surface area (Å²) in [6, 6.07) is 0.841. The van der Waals surface area contributed by atoms with Crippen LogP contribution in [-0.4, -0.2) is 54.1 Å². The molecule has 2 rings (SSSR count). The van der Waals surface area contributed by atoms with Gasteiger partial charge in [-0.05, 0) is 64.5 Å². The molecule has 2 heterocycles. The van der Waals surface area contributed by atoms with Crippen molar-refractivity contribution in [3.8, 4) is 0 Å². The Labute approximate surface area is 132 Å². The van der Waals surface area contributed by atoms with Gasteiger partial charge in [-0.25, -0.2) is 0 Å². The average molecular weight is 296 g/mol. The summed E-state index contributed by atoms with van der Waals surface area (Å²) in [5.74, 6) is 0.779. The first-order chi connectivity index (χ1) is 10.0. The predicted octanol–water partition coefficient (Wildman–Crippen LogP) is 3.09. The second kappa shape index (κ2) is 7.94. The van der Waals surface area contributed by atoms with Crippen molar-refractivity contribution in [3.05, 3.63) is 0 Å². The standard InChI is InChI=1S/C18H37N3/c1-16(2)7-10-18(3,15-19)21-13-8-17(9-14-21)20-11-5-4-6-12-20/h16-17H,4-15,19H2,1-3H3. The van der Waals surface area contributed by atoms with Crippen LogP contribution in [0.25, 0.3) is 0 Å². The van der Waals surface area contributed by atoms with E-state index in [9.17, 15) is 0 Å². The molecule has 3 heteroatoms. The lowest BCUT2D eigenvalue weighted by atomic mass is 9.87. The third kappa shape index (κ3) is 4.67. The Morgan fingerprint density at radius 3 is 2.19 bits per heavy atom. The summed E-state index contributed by atoms with van der Waals surface area (Å²) in [5, 5.41) is 0. The lowest BCUT2D eigenvalue weighted by Crippen LogP contribution is -2.57. The van der Waals surface area contributed by atoms with Crippen LogP contribution in [0.3, 0.4) is 0 Å². The molecular weight excluding hydrogens is 258 g/mol. The Hall–Kier alpha value is -0.120. The summed E-state index contributed by atoms with van der Waals surface area (Å²) in [5.41, 5.74) is 6.37. The molecule has 2 aliphatic heterocycles. The molecule has 0 aromatic heterocycles. The first-order valence-electron chi connectivity index (χ1n) is 9.24. The van der Waals surface area contributed by atoms with Crippen molar-refractivity contribution in [3.63, 3.8) is 0 Å². The smallest absolute Gasteiger partial charge is 0.0303 e. The van der Waals surface area contributed by atoms with Crippen molar-refractivity contribution in [2.24, 2.45) is 11.7 Å². The normalized spacial score (nSPS) is 26.1. The molecule has 3 nitrogen and oxygen atoms in total. The van der Waals surface area contributed by atoms with E-state index >= 15 is 0 Å². The van der Waals surface area contributed by atoms with Crippen molar-refractivity contribution in [1.82, 2.24) is 9.80 Å². The summed E-state index contributed by atoms with van der Waals surface area (Å²) in [7, 11) is 0. The Kier molecular flexibility index (Phi) is 6.51. The van der Waals surface area contributed by atoms with Crippen LogP contribution in [0.2, 0.25) is 0 Å². The van der Waals surface area contributed by atoms with Crippen molar-refractivity contribution < 1.29 is 0 Å². The monoisotopic (exact) mass is 295 g/mol. The van der Waals surface area contributed by atoms with E-state index in [1.54, 1.807) is 0 Å². The average Bonchev–Trinajstić information content (AvgIpc) is 2.53. The van der Waals surface area contributed by atoms with E-state index in [2.05, 4.69) is 30.6 Å². The van der Waals surface area contributed by atoms with E-state index in [1.165, 1.54) is 71.1 Å². The number of likely N-dealkylation sites (tertiary alicyclic amines) is 2. The van der Waals surface area contributed by atoms with Crippen LogP contribution in [-0.2, 0) is 0 Å². The predicted molar refractivity (Wildman–Crippen MR) is 91.6 cm³/mol. The van der Waals surface area contributed by atoms with Crippen molar-refractivity contribution in [2.75, 3.05) is 32.7 Å². The summed E-state index contributed by atoms with van der Waals surface area (Å²) in [6.07, 6.45) is 9.49. The highest BCUT2D eigenvalue weighted by molar-refractivity contribution is 4.92. The van der Waals surface area contributed by atoms with Gasteiger partial charge in [0.05, 0.1) is 0 Å². The van der Waals surface area contributed by atoms with Gasteiger partial charge in [0.25, 0.3) is 0 Å². The summed E-state index contributed by atoms with van der Waals surface area (Å²) in [4.78, 5) is 5.45. The number of rotatable bonds is 6. The maximum atomic E-state index is 6.15. The van der Waals surface area contributed by atoms with Crippen LogP contribution in [0, 0.1) is 5.92 Å². The van der Waals surface area contributed by atoms with Gasteiger partial charge < -0.3 is 10.6 Å². The Bertz CT molecular complexity index is 291. The molecule has 124 valence electrons. The zero-order chi connectivity index (χ0) is 15.3. The number of piperidine rings is 2. The highest BCUT2D eigenvalue weighted by Crippen LogP contribution is 2.28. The number of hydrogen-bond acceptors (Lipinski definition) is 3. The maximum absolute atomic E-state index is 6.15. The van der Waals surface area contributed by atoms with Crippen molar-refractivity contribution in [2.45, 2.75) is 77.3 Å². The van der Waals surface area contributed by atoms with E-state index in [1.807, 2.05) is 0 Å². The fourth-order valence-electron chi connectivity index (χ4n) is 4.04. The summed E-state index contributed by atoms with van der Waals surface area (Å²) >= 11 is 0. The molecule has 1 unspecified atom stereocenters. The molecule has 2 saturated heterocycles. The van der Waals surface area contributed by atoms with Gasteiger partial charge >= 0.3 is 0 Å². The summed E-state index contributed by atoms with van der Waals surface area (Å²) < 4.78 is 0. The minimum Gasteiger partial charge on any atom is -0.329 e. The van der Waals surface area contributed by atoms with Gasteiger partial charge in [-0.15, -0.1) is 0 Å². The molecule has 21 heavy (non-hydrogen) atoms. The SMILES string of the molecule is CC(C)CCC(C)(CN)N1CCC(N2CCCCC2)CC1. The van der Waals surface area contributed by atoms with E-state index in [4.69, 9.17) is 5.73 Å². The number of hydrogen-bond donors (Lipinski definition) is 1. The van der Waals surface area contributed by atoms with Gasteiger partial charge in [-0.2, -0.15) is 0 Å². The fraction of sp³-hybridized carbons (Fsp3) is 1.00. The minimum absolute atomic E-state index is 0.219. The van der Waals surface area contributed by atoms with Gasteiger partial charge in [0.2, 0.25) is 0 Å². The topological polar surface area (TPSA) is 32.5 Å². The van der Waals surface area contributed by atoms with Crippen LogP contribution < -0.4 is 5.73 Å². The molecule has 2 aliphatic rings. The number of nitrogens with zero attached hydrogens (tertiary/aromatic N) is 2. The molecule has 0 amide bonds. The second-order valence-electron chi connectivity index (χ2n) is 7.95. The minimum atomic E-state index is 0.219. The molecule has 1 atom stereocenters. The zero-order valence-corrected chi connectivity index (χ0v) is 14.6. The number of nitrogens with two attached hydrogens (primary N) is 1. The van der Waals surface area contributed by atoms with E-state index in [0.717, 1.165) is 18.5 Å². The van der Waals surface area contributed by atoms with E-state index in [0.29, 0.717) is 0 Å². The van der Waals surface area contributed by atoms with Gasteiger partial charge in [0.1, 0.15) is 0 Å². The van der Waals surface area contributed by atoms with Crippen LogP contribution in [0.15, 0.2) is 0 Å². The van der Waals surface area contributed by atoms with Crippen LogP contribution >= 0.6 is 0 Å². The van der Waals surface area contributed by atoms with Crippen LogP contribution in [0.1, 0.15) is 65.7 Å². The third-order valence-corrected chi connectivity index (χ3v) is 5.83. The molecule has 0 spiro atoms. The Morgan fingerprint density at radius 1 is 1.05 bits per heavy atom. The van der Waals surface area contributed by atoms with E-state index < -0.39 is 0 Å². The largest absolute Gasteiger partial charge is 0.329 e. The fourth-order valence-corrected chi connectivity index (χ4v) is 4.04. The van der Waals surface area contributed by atoms with Crippen LogP contribution in [0.5, 0.6) is 0 Å². The third-order valence-electron chi connectivity index (χ3n) is 5.83. The second-order valence-corrected chi connectivity index (χ2v) is 7.95. The van der Waals surface area contributed by atoms with Crippen molar-refractivity contribution >= 4 is 0 Å².